The third kappa shape index (κ3) is 5.01. The van der Waals surface area contributed by atoms with Crippen LogP contribution in [0.1, 0.15) is 0 Å². The molecule has 0 aromatic heterocycles. The van der Waals surface area contributed by atoms with E-state index in [2.05, 4.69) is 5.32 Å². The quantitative estimate of drug-likeness (QED) is 0.692. The van der Waals surface area contributed by atoms with Gasteiger partial charge in [0.05, 0.1) is 25.0 Å². The summed E-state index contributed by atoms with van der Waals surface area (Å²) in [5.74, 6) is 0.467. The predicted molar refractivity (Wildman–Crippen MR) is 108 cm³/mol. The van der Waals surface area contributed by atoms with E-state index in [1.807, 2.05) is 0 Å². The van der Waals surface area contributed by atoms with Crippen LogP contribution in [0.25, 0.3) is 0 Å². The number of hydrogen-bond donors (Lipinski definition) is 1. The molecule has 0 unspecified atom stereocenters. The molecule has 0 bridgehead atoms. The second-order valence-electron chi connectivity index (χ2n) is 6.11. The Hall–Kier alpha value is -2.16. The van der Waals surface area contributed by atoms with Crippen LogP contribution in [0.2, 0.25) is 10.0 Å². The second-order valence-corrected chi connectivity index (χ2v) is 8.89. The Kier molecular flexibility index (Phi) is 6.22. The summed E-state index contributed by atoms with van der Waals surface area (Å²) in [7, 11) is -3.61. The summed E-state index contributed by atoms with van der Waals surface area (Å²) in [6, 6.07) is 11.5. The highest BCUT2D eigenvalue weighted by Crippen LogP contribution is 2.37. The van der Waals surface area contributed by atoms with E-state index >= 15 is 0 Å². The highest BCUT2D eigenvalue weighted by Gasteiger charge is 2.35. The number of sulfonamides is 1. The zero-order valence-electron chi connectivity index (χ0n) is 14.9. The number of fused-ring (bicyclic) bond motifs is 1. The maximum Gasteiger partial charge on any atom is 0.263 e. The Balaban J connectivity index is 1.61. The Bertz CT molecular complexity index is 966. The van der Waals surface area contributed by atoms with Gasteiger partial charge in [0, 0.05) is 10.0 Å². The van der Waals surface area contributed by atoms with Gasteiger partial charge in [-0.2, -0.15) is 0 Å². The van der Waals surface area contributed by atoms with Crippen molar-refractivity contribution in [3.05, 3.63) is 52.5 Å². The number of amides is 1. The molecule has 2 aromatic rings. The molecule has 1 N–H and O–H groups in total. The Labute approximate surface area is 173 Å². The molecule has 10 heteroatoms. The predicted octanol–water partition coefficient (Wildman–Crippen LogP) is 2.72. The largest absolute Gasteiger partial charge is 0.492 e. The van der Waals surface area contributed by atoms with Crippen LogP contribution < -0.4 is 19.1 Å². The number of halogens is 2. The third-order valence-corrected chi connectivity index (χ3v) is 5.60. The van der Waals surface area contributed by atoms with Crippen LogP contribution >= 0.6 is 23.2 Å². The van der Waals surface area contributed by atoms with Crippen molar-refractivity contribution in [1.29, 1.82) is 0 Å². The second kappa shape index (κ2) is 8.46. The first kappa shape index (κ1) is 20.6. The van der Waals surface area contributed by atoms with Crippen molar-refractivity contribution < 1.29 is 22.7 Å². The van der Waals surface area contributed by atoms with E-state index in [0.717, 1.165) is 10.6 Å². The highest BCUT2D eigenvalue weighted by molar-refractivity contribution is 7.92. The molecule has 0 spiro atoms. The average molecular weight is 445 g/mol. The molecule has 1 amide bonds. The minimum Gasteiger partial charge on any atom is -0.492 e. The molecular weight excluding hydrogens is 427 g/mol. The Morgan fingerprint density at radius 2 is 1.89 bits per heavy atom. The number of nitrogens with zero attached hydrogens (tertiary/aromatic N) is 1. The lowest BCUT2D eigenvalue weighted by molar-refractivity contribution is -0.127. The number of carbonyl (C=O) groups excluding carboxylic acids is 1. The van der Waals surface area contributed by atoms with Gasteiger partial charge in [0.1, 0.15) is 18.1 Å². The van der Waals surface area contributed by atoms with Crippen LogP contribution in [-0.4, -0.2) is 46.4 Å². The molecule has 0 saturated heterocycles. The van der Waals surface area contributed by atoms with Gasteiger partial charge in [-0.25, -0.2) is 8.42 Å². The molecule has 7 nitrogen and oxygen atoms in total. The maximum atomic E-state index is 12.4. The molecule has 1 atom stereocenters. The number of hydrogen-bond acceptors (Lipinski definition) is 5. The van der Waals surface area contributed by atoms with Crippen molar-refractivity contribution in [3.63, 3.8) is 0 Å². The molecule has 1 aliphatic heterocycles. The topological polar surface area (TPSA) is 84.9 Å². The number of benzene rings is 2. The molecule has 0 saturated carbocycles. The van der Waals surface area contributed by atoms with E-state index in [-0.39, 0.29) is 25.4 Å². The van der Waals surface area contributed by atoms with Gasteiger partial charge in [0.15, 0.2) is 6.10 Å². The number of ether oxygens (including phenoxy) is 2. The summed E-state index contributed by atoms with van der Waals surface area (Å²) < 4.78 is 36.6. The molecule has 0 radical (unpaired) electrons. The molecule has 1 heterocycles. The van der Waals surface area contributed by atoms with Gasteiger partial charge >= 0.3 is 0 Å². The molecule has 1 aliphatic rings. The first-order valence-electron chi connectivity index (χ1n) is 8.34. The fourth-order valence-corrected chi connectivity index (χ4v) is 3.86. The maximum absolute atomic E-state index is 12.4. The van der Waals surface area contributed by atoms with Crippen molar-refractivity contribution in [2.75, 3.05) is 30.3 Å². The van der Waals surface area contributed by atoms with E-state index < -0.39 is 22.0 Å². The number of nitrogens with one attached hydrogen (secondary N) is 1. The van der Waals surface area contributed by atoms with E-state index in [4.69, 9.17) is 32.7 Å². The molecule has 0 fully saturated rings. The Morgan fingerprint density at radius 3 is 2.57 bits per heavy atom. The fraction of sp³-hybridized carbons (Fsp3) is 0.278. The molecular formula is C18H18Cl2N2O5S. The van der Waals surface area contributed by atoms with E-state index in [1.54, 1.807) is 36.4 Å². The van der Waals surface area contributed by atoms with Crippen molar-refractivity contribution in [3.8, 4) is 11.5 Å². The molecule has 150 valence electrons. The zero-order chi connectivity index (χ0) is 20.3. The van der Waals surface area contributed by atoms with E-state index in [0.29, 0.717) is 21.5 Å². The van der Waals surface area contributed by atoms with Gasteiger partial charge in [0.2, 0.25) is 10.0 Å². The minimum absolute atomic E-state index is 0.143. The first-order valence-corrected chi connectivity index (χ1v) is 10.9. The summed E-state index contributed by atoms with van der Waals surface area (Å²) >= 11 is 11.8. The molecule has 0 aliphatic carbocycles. The highest BCUT2D eigenvalue weighted by atomic mass is 35.5. The summed E-state index contributed by atoms with van der Waals surface area (Å²) in [5, 5.41) is 3.66. The summed E-state index contributed by atoms with van der Waals surface area (Å²) in [4.78, 5) is 12.4. The van der Waals surface area contributed by atoms with Crippen molar-refractivity contribution in [2.45, 2.75) is 6.10 Å². The summed E-state index contributed by atoms with van der Waals surface area (Å²) in [6.45, 7) is 0.325. The minimum atomic E-state index is -3.61. The lowest BCUT2D eigenvalue weighted by Gasteiger charge is -2.34. The van der Waals surface area contributed by atoms with Gasteiger partial charge in [-0.1, -0.05) is 23.2 Å². The van der Waals surface area contributed by atoms with Crippen LogP contribution in [0.5, 0.6) is 11.5 Å². The smallest absolute Gasteiger partial charge is 0.263 e. The number of rotatable bonds is 6. The van der Waals surface area contributed by atoms with Gasteiger partial charge in [0.25, 0.3) is 5.91 Å². The lowest BCUT2D eigenvalue weighted by atomic mass is 10.2. The van der Waals surface area contributed by atoms with Gasteiger partial charge in [-0.05, 0) is 42.5 Å². The van der Waals surface area contributed by atoms with Crippen LogP contribution in [0.4, 0.5) is 5.69 Å². The van der Waals surface area contributed by atoms with Gasteiger partial charge < -0.3 is 14.8 Å². The molecule has 3 rings (SSSR count). The molecule has 2 aromatic carbocycles. The van der Waals surface area contributed by atoms with Crippen molar-refractivity contribution >= 4 is 44.8 Å². The molecule has 28 heavy (non-hydrogen) atoms. The van der Waals surface area contributed by atoms with Crippen LogP contribution in [0.15, 0.2) is 42.5 Å². The SMILES string of the molecule is CS(=O)(=O)N1C[C@@H](C(=O)NCCOc2ccc(Cl)cc2)Oc2ccc(Cl)cc21. The standard InChI is InChI=1S/C18H18Cl2N2O5S/c1-28(24,25)22-11-17(27-16-7-4-13(20)10-15(16)22)18(23)21-8-9-26-14-5-2-12(19)3-6-14/h2-7,10,17H,8-9,11H2,1H3,(H,21,23)/t17-/m0/s1. The lowest BCUT2D eigenvalue weighted by Crippen LogP contribution is -2.51. The van der Waals surface area contributed by atoms with Gasteiger partial charge in [-0.15, -0.1) is 0 Å². The fourth-order valence-electron chi connectivity index (χ4n) is 2.66. The summed E-state index contributed by atoms with van der Waals surface area (Å²) in [5.41, 5.74) is 0.310. The Morgan fingerprint density at radius 1 is 1.21 bits per heavy atom. The average Bonchev–Trinajstić information content (AvgIpc) is 2.64. The van der Waals surface area contributed by atoms with Crippen LogP contribution in [0.3, 0.4) is 0 Å². The van der Waals surface area contributed by atoms with E-state index in [9.17, 15) is 13.2 Å². The number of anilines is 1. The van der Waals surface area contributed by atoms with Crippen molar-refractivity contribution in [2.24, 2.45) is 0 Å². The summed E-state index contributed by atoms with van der Waals surface area (Å²) in [6.07, 6.45) is 0.0803. The third-order valence-electron chi connectivity index (χ3n) is 3.97. The van der Waals surface area contributed by atoms with Crippen LogP contribution in [0, 0.1) is 0 Å². The van der Waals surface area contributed by atoms with E-state index in [1.165, 1.54) is 6.07 Å². The zero-order valence-corrected chi connectivity index (χ0v) is 17.2. The monoisotopic (exact) mass is 444 g/mol. The van der Waals surface area contributed by atoms with Gasteiger partial charge in [-0.3, -0.25) is 9.10 Å². The van der Waals surface area contributed by atoms with Crippen molar-refractivity contribution in [1.82, 2.24) is 5.32 Å². The number of carbonyl (C=O) groups is 1. The first-order chi connectivity index (χ1) is 13.2. The normalized spacial score (nSPS) is 16.1. The van der Waals surface area contributed by atoms with Crippen LogP contribution in [-0.2, 0) is 14.8 Å².